The maximum atomic E-state index is 2.42. The van der Waals surface area contributed by atoms with Crippen molar-refractivity contribution < 1.29 is 0 Å². The molecule has 0 amide bonds. The first-order chi connectivity index (χ1) is 9.83. The summed E-state index contributed by atoms with van der Waals surface area (Å²) in [5, 5.41) is 1.32. The van der Waals surface area contributed by atoms with Gasteiger partial charge in [-0.25, -0.2) is 0 Å². The maximum Gasteiger partial charge on any atom is 0.0716 e. The van der Waals surface area contributed by atoms with E-state index >= 15 is 0 Å². The topological polar surface area (TPSA) is 8.17 Å². The zero-order chi connectivity index (χ0) is 13.5. The van der Waals surface area contributed by atoms with Gasteiger partial charge in [0.2, 0.25) is 0 Å². The van der Waals surface area contributed by atoms with E-state index in [1.54, 1.807) is 0 Å². The predicted octanol–water partition coefficient (Wildman–Crippen LogP) is 3.68. The Labute approximate surface area is 119 Å². The van der Waals surface area contributed by atoms with Gasteiger partial charge in [-0.3, -0.25) is 4.90 Å². The average Bonchev–Trinajstić information content (AvgIpc) is 2.90. The Hall–Kier alpha value is -2.06. The Bertz CT molecular complexity index is 757. The molecule has 1 aliphatic rings. The number of likely N-dealkylation sites (N-methyl/N-ethyl adjacent to an activating group) is 1. The second-order valence-electron chi connectivity index (χ2n) is 5.69. The summed E-state index contributed by atoms with van der Waals surface area (Å²) in [6, 6.07) is 20.1. The van der Waals surface area contributed by atoms with Crippen LogP contribution in [0.1, 0.15) is 17.2 Å². The van der Waals surface area contributed by atoms with Crippen molar-refractivity contribution in [1.29, 1.82) is 0 Å². The molecule has 2 heteroatoms. The Kier molecular flexibility index (Phi) is 2.64. The fourth-order valence-corrected chi connectivity index (χ4v) is 3.37. The maximum absolute atomic E-state index is 2.42. The SMILES string of the molecule is CN1Cc2ccccc2[C@@H](n2ccc3ccccc32)C1. The number of para-hydroxylation sites is 1. The molecule has 0 saturated heterocycles. The van der Waals surface area contributed by atoms with Crippen LogP contribution >= 0.6 is 0 Å². The van der Waals surface area contributed by atoms with Crippen molar-refractivity contribution in [2.24, 2.45) is 0 Å². The summed E-state index contributed by atoms with van der Waals surface area (Å²) < 4.78 is 2.42. The van der Waals surface area contributed by atoms with E-state index in [-0.39, 0.29) is 0 Å². The number of aromatic nitrogens is 1. The molecule has 4 rings (SSSR count). The summed E-state index contributed by atoms with van der Waals surface area (Å²) >= 11 is 0. The van der Waals surface area contributed by atoms with Crippen LogP contribution in [0.3, 0.4) is 0 Å². The molecule has 0 radical (unpaired) electrons. The van der Waals surface area contributed by atoms with Crippen molar-refractivity contribution in [3.8, 4) is 0 Å². The second kappa shape index (κ2) is 4.50. The highest BCUT2D eigenvalue weighted by molar-refractivity contribution is 5.80. The summed E-state index contributed by atoms with van der Waals surface area (Å²) in [6.07, 6.45) is 2.23. The summed E-state index contributed by atoms with van der Waals surface area (Å²) in [5.41, 5.74) is 4.23. The lowest BCUT2D eigenvalue weighted by Crippen LogP contribution is -2.33. The quantitative estimate of drug-likeness (QED) is 0.649. The van der Waals surface area contributed by atoms with Crippen LogP contribution < -0.4 is 0 Å². The van der Waals surface area contributed by atoms with Gasteiger partial charge in [-0.15, -0.1) is 0 Å². The Morgan fingerprint density at radius 3 is 2.70 bits per heavy atom. The van der Waals surface area contributed by atoms with E-state index < -0.39 is 0 Å². The molecule has 0 bridgehead atoms. The highest BCUT2D eigenvalue weighted by Crippen LogP contribution is 2.31. The zero-order valence-corrected chi connectivity index (χ0v) is 11.7. The standard InChI is InChI=1S/C18H18N2/c1-19-12-15-7-2-4-8-16(15)18(13-19)20-11-10-14-6-3-5-9-17(14)20/h2-11,18H,12-13H2,1H3/t18-/m0/s1. The first kappa shape index (κ1) is 11.7. The van der Waals surface area contributed by atoms with Gasteiger partial charge in [-0.05, 0) is 35.7 Å². The van der Waals surface area contributed by atoms with Crippen LogP contribution in [0.15, 0.2) is 60.8 Å². The van der Waals surface area contributed by atoms with Crippen LogP contribution in [0.25, 0.3) is 10.9 Å². The predicted molar refractivity (Wildman–Crippen MR) is 82.9 cm³/mol. The van der Waals surface area contributed by atoms with E-state index in [0.29, 0.717) is 6.04 Å². The third kappa shape index (κ3) is 1.76. The molecule has 0 N–H and O–H groups in total. The molecular weight excluding hydrogens is 244 g/mol. The molecule has 0 unspecified atom stereocenters. The van der Waals surface area contributed by atoms with E-state index in [1.807, 2.05) is 0 Å². The Morgan fingerprint density at radius 1 is 0.950 bits per heavy atom. The molecule has 1 atom stereocenters. The van der Waals surface area contributed by atoms with Crippen molar-refractivity contribution in [2.75, 3.05) is 13.6 Å². The molecule has 1 aromatic heterocycles. The van der Waals surface area contributed by atoms with Gasteiger partial charge in [-0.2, -0.15) is 0 Å². The number of rotatable bonds is 1. The zero-order valence-electron chi connectivity index (χ0n) is 11.7. The van der Waals surface area contributed by atoms with Crippen LogP contribution in [0, 0.1) is 0 Å². The smallest absolute Gasteiger partial charge is 0.0716 e. The van der Waals surface area contributed by atoms with Gasteiger partial charge in [0.05, 0.1) is 6.04 Å². The lowest BCUT2D eigenvalue weighted by molar-refractivity contribution is 0.267. The summed E-state index contributed by atoms with van der Waals surface area (Å²) in [5.74, 6) is 0. The summed E-state index contributed by atoms with van der Waals surface area (Å²) in [4.78, 5) is 2.40. The molecule has 0 aliphatic carbocycles. The van der Waals surface area contributed by atoms with Crippen molar-refractivity contribution in [1.82, 2.24) is 9.47 Å². The van der Waals surface area contributed by atoms with Gasteiger partial charge < -0.3 is 4.57 Å². The second-order valence-corrected chi connectivity index (χ2v) is 5.69. The van der Waals surface area contributed by atoms with Crippen LogP contribution in [0.5, 0.6) is 0 Å². The fraction of sp³-hybridized carbons (Fsp3) is 0.222. The largest absolute Gasteiger partial charge is 0.339 e. The van der Waals surface area contributed by atoms with E-state index in [2.05, 4.69) is 77.3 Å². The highest BCUT2D eigenvalue weighted by Gasteiger charge is 2.24. The molecule has 1 aliphatic heterocycles. The molecular formula is C18H18N2. The number of nitrogens with zero attached hydrogens (tertiary/aromatic N) is 2. The minimum atomic E-state index is 0.407. The van der Waals surface area contributed by atoms with Gasteiger partial charge in [0.1, 0.15) is 0 Å². The highest BCUT2D eigenvalue weighted by atomic mass is 15.2. The van der Waals surface area contributed by atoms with Gasteiger partial charge in [-0.1, -0.05) is 42.5 Å². The number of hydrogen-bond donors (Lipinski definition) is 0. The minimum absolute atomic E-state index is 0.407. The first-order valence-electron chi connectivity index (χ1n) is 7.15. The van der Waals surface area contributed by atoms with Crippen molar-refractivity contribution in [2.45, 2.75) is 12.6 Å². The molecule has 0 saturated carbocycles. The van der Waals surface area contributed by atoms with E-state index in [9.17, 15) is 0 Å². The molecule has 0 fully saturated rings. The molecule has 2 heterocycles. The number of hydrogen-bond acceptors (Lipinski definition) is 1. The number of fused-ring (bicyclic) bond motifs is 2. The average molecular weight is 262 g/mol. The van der Waals surface area contributed by atoms with E-state index in [4.69, 9.17) is 0 Å². The van der Waals surface area contributed by atoms with Crippen LogP contribution in [-0.4, -0.2) is 23.1 Å². The van der Waals surface area contributed by atoms with Crippen molar-refractivity contribution in [3.05, 3.63) is 71.9 Å². The minimum Gasteiger partial charge on any atom is -0.339 e. The molecule has 2 nitrogen and oxygen atoms in total. The lowest BCUT2D eigenvalue weighted by Gasteiger charge is -2.33. The lowest BCUT2D eigenvalue weighted by atomic mass is 9.95. The molecule has 2 aromatic carbocycles. The van der Waals surface area contributed by atoms with Crippen LogP contribution in [0.4, 0.5) is 0 Å². The normalized spacial score (nSPS) is 19.1. The van der Waals surface area contributed by atoms with Crippen molar-refractivity contribution >= 4 is 10.9 Å². The Morgan fingerprint density at radius 2 is 1.75 bits per heavy atom. The van der Waals surface area contributed by atoms with Gasteiger partial charge in [0.15, 0.2) is 0 Å². The molecule has 20 heavy (non-hydrogen) atoms. The third-order valence-electron chi connectivity index (χ3n) is 4.30. The first-order valence-corrected chi connectivity index (χ1v) is 7.15. The Balaban J connectivity index is 1.90. The van der Waals surface area contributed by atoms with Crippen LogP contribution in [-0.2, 0) is 6.54 Å². The van der Waals surface area contributed by atoms with Gasteiger partial charge in [0, 0.05) is 24.8 Å². The van der Waals surface area contributed by atoms with Gasteiger partial charge >= 0.3 is 0 Å². The number of benzene rings is 2. The summed E-state index contributed by atoms with van der Waals surface area (Å²) in [6.45, 7) is 2.11. The van der Waals surface area contributed by atoms with Gasteiger partial charge in [0.25, 0.3) is 0 Å². The molecule has 100 valence electrons. The molecule has 0 spiro atoms. The monoisotopic (exact) mass is 262 g/mol. The van der Waals surface area contributed by atoms with Crippen LogP contribution in [0.2, 0.25) is 0 Å². The van der Waals surface area contributed by atoms with E-state index in [1.165, 1.54) is 22.0 Å². The third-order valence-corrected chi connectivity index (χ3v) is 4.30. The van der Waals surface area contributed by atoms with Crippen molar-refractivity contribution in [3.63, 3.8) is 0 Å². The molecule has 3 aromatic rings. The summed E-state index contributed by atoms with van der Waals surface area (Å²) in [7, 11) is 2.20. The van der Waals surface area contributed by atoms with E-state index in [0.717, 1.165) is 13.1 Å². The fourth-order valence-electron chi connectivity index (χ4n) is 3.37.